The zero-order valence-electron chi connectivity index (χ0n) is 12.8. The number of Topliss-reactive ketones (excluding diaryl/α,β-unsaturated/α-hetero) is 1. The largest absolute Gasteiger partial charge is 0.370 e. The molecule has 0 aromatic heterocycles. The van der Waals surface area contributed by atoms with E-state index in [0.717, 1.165) is 18.4 Å². The average molecular weight is 278 g/mol. The standard InChI is InChI=1S/C17H23FO2/c1-12-9-13(11-14(18)10-12)15(19)17(20-4)7-5-16(2,3)6-8-17/h9-11H,5-8H2,1-4H3. The van der Waals surface area contributed by atoms with Crippen molar-refractivity contribution in [2.75, 3.05) is 7.11 Å². The summed E-state index contributed by atoms with van der Waals surface area (Å²) in [6.45, 7) is 6.22. The normalized spacial score (nSPS) is 20.6. The lowest BCUT2D eigenvalue weighted by molar-refractivity contribution is -0.0383. The molecule has 1 aromatic rings. The maximum absolute atomic E-state index is 13.5. The van der Waals surface area contributed by atoms with E-state index in [2.05, 4.69) is 13.8 Å². The minimum Gasteiger partial charge on any atom is -0.370 e. The summed E-state index contributed by atoms with van der Waals surface area (Å²) in [5.74, 6) is -0.450. The number of benzene rings is 1. The first kappa shape index (κ1) is 15.2. The third-order valence-electron chi connectivity index (χ3n) is 4.52. The fraction of sp³-hybridized carbons (Fsp3) is 0.588. The van der Waals surface area contributed by atoms with Crippen LogP contribution in [0.5, 0.6) is 0 Å². The molecule has 20 heavy (non-hydrogen) atoms. The van der Waals surface area contributed by atoms with Crippen molar-refractivity contribution >= 4 is 5.78 Å². The molecule has 0 spiro atoms. The molecule has 0 saturated heterocycles. The lowest BCUT2D eigenvalue weighted by Crippen LogP contribution is -2.45. The fourth-order valence-electron chi connectivity index (χ4n) is 2.98. The molecule has 110 valence electrons. The summed E-state index contributed by atoms with van der Waals surface area (Å²) in [6.07, 6.45) is 3.29. The van der Waals surface area contributed by atoms with Gasteiger partial charge in [0.1, 0.15) is 11.4 Å². The van der Waals surface area contributed by atoms with Gasteiger partial charge >= 0.3 is 0 Å². The maximum atomic E-state index is 13.5. The smallest absolute Gasteiger partial charge is 0.194 e. The Kier molecular flexibility index (Phi) is 4.01. The number of carbonyl (C=O) groups is 1. The van der Waals surface area contributed by atoms with Crippen LogP contribution in [0.15, 0.2) is 18.2 Å². The van der Waals surface area contributed by atoms with E-state index in [1.165, 1.54) is 12.1 Å². The van der Waals surface area contributed by atoms with E-state index in [1.807, 2.05) is 0 Å². The Morgan fingerprint density at radius 2 is 1.75 bits per heavy atom. The van der Waals surface area contributed by atoms with Gasteiger partial charge in [-0.15, -0.1) is 0 Å². The molecule has 1 aromatic carbocycles. The highest BCUT2D eigenvalue weighted by Gasteiger charge is 2.44. The monoisotopic (exact) mass is 278 g/mol. The highest BCUT2D eigenvalue weighted by molar-refractivity contribution is 6.02. The lowest BCUT2D eigenvalue weighted by Gasteiger charge is -2.41. The molecule has 0 aliphatic heterocycles. The molecule has 1 fully saturated rings. The number of halogens is 1. The van der Waals surface area contributed by atoms with Crippen LogP contribution in [0.3, 0.4) is 0 Å². The molecule has 1 saturated carbocycles. The van der Waals surface area contributed by atoms with Crippen molar-refractivity contribution in [2.45, 2.75) is 52.1 Å². The summed E-state index contributed by atoms with van der Waals surface area (Å²) in [7, 11) is 1.59. The Balaban J connectivity index is 2.30. The molecule has 0 radical (unpaired) electrons. The Labute approximate surface area is 120 Å². The zero-order valence-corrected chi connectivity index (χ0v) is 12.8. The van der Waals surface area contributed by atoms with Gasteiger partial charge in [-0.1, -0.05) is 13.8 Å². The molecule has 0 N–H and O–H groups in total. The summed E-state index contributed by atoms with van der Waals surface area (Å²) >= 11 is 0. The van der Waals surface area contributed by atoms with Gasteiger partial charge in [0.25, 0.3) is 0 Å². The number of aryl methyl sites for hydroxylation is 1. The Hall–Kier alpha value is -1.22. The predicted molar refractivity (Wildman–Crippen MR) is 77.5 cm³/mol. The molecule has 0 heterocycles. The van der Waals surface area contributed by atoms with Crippen molar-refractivity contribution in [3.05, 3.63) is 35.1 Å². The van der Waals surface area contributed by atoms with Gasteiger partial charge in [0, 0.05) is 12.7 Å². The average Bonchev–Trinajstić information content (AvgIpc) is 2.37. The summed E-state index contributed by atoms with van der Waals surface area (Å²) < 4.78 is 19.1. The number of rotatable bonds is 3. The number of hydrogen-bond donors (Lipinski definition) is 0. The van der Waals surface area contributed by atoms with E-state index < -0.39 is 5.60 Å². The van der Waals surface area contributed by atoms with Crippen LogP contribution in [0, 0.1) is 18.2 Å². The Bertz CT molecular complexity index is 489. The van der Waals surface area contributed by atoms with Crippen LogP contribution in [-0.4, -0.2) is 18.5 Å². The van der Waals surface area contributed by atoms with Crippen LogP contribution >= 0.6 is 0 Å². The van der Waals surface area contributed by atoms with Crippen molar-refractivity contribution in [3.8, 4) is 0 Å². The molecule has 1 aliphatic carbocycles. The molecule has 2 nitrogen and oxygen atoms in total. The number of ketones is 1. The van der Waals surface area contributed by atoms with Gasteiger partial charge in [-0.3, -0.25) is 4.79 Å². The summed E-state index contributed by atoms with van der Waals surface area (Å²) in [6, 6.07) is 4.49. The van der Waals surface area contributed by atoms with Gasteiger partial charge in [0.05, 0.1) is 0 Å². The predicted octanol–water partition coefficient (Wildman–Crippen LogP) is 4.30. The molecular weight excluding hydrogens is 255 g/mol. The molecule has 0 atom stereocenters. The Morgan fingerprint density at radius 1 is 1.15 bits per heavy atom. The molecule has 0 unspecified atom stereocenters. The fourth-order valence-corrected chi connectivity index (χ4v) is 2.98. The van der Waals surface area contributed by atoms with Crippen LogP contribution in [0.1, 0.15) is 55.5 Å². The van der Waals surface area contributed by atoms with Gasteiger partial charge < -0.3 is 4.74 Å². The first-order chi connectivity index (χ1) is 9.28. The third kappa shape index (κ3) is 2.93. The van der Waals surface area contributed by atoms with E-state index in [-0.39, 0.29) is 17.0 Å². The van der Waals surface area contributed by atoms with Crippen molar-refractivity contribution in [1.29, 1.82) is 0 Å². The van der Waals surface area contributed by atoms with Crippen molar-refractivity contribution < 1.29 is 13.9 Å². The van der Waals surface area contributed by atoms with Crippen LogP contribution < -0.4 is 0 Å². The Morgan fingerprint density at radius 3 is 2.25 bits per heavy atom. The summed E-state index contributed by atoms with van der Waals surface area (Å²) in [5.41, 5.74) is 0.649. The van der Waals surface area contributed by atoms with E-state index in [4.69, 9.17) is 4.74 Å². The number of ether oxygens (including phenoxy) is 1. The van der Waals surface area contributed by atoms with Gasteiger partial charge in [0.15, 0.2) is 5.78 Å². The summed E-state index contributed by atoms with van der Waals surface area (Å²) in [4.78, 5) is 12.8. The van der Waals surface area contributed by atoms with E-state index in [1.54, 1.807) is 20.1 Å². The van der Waals surface area contributed by atoms with Crippen LogP contribution in [0.2, 0.25) is 0 Å². The molecule has 0 amide bonds. The van der Waals surface area contributed by atoms with Gasteiger partial charge in [-0.05, 0) is 61.8 Å². The minimum atomic E-state index is -0.782. The first-order valence-corrected chi connectivity index (χ1v) is 7.15. The second-order valence-electron chi connectivity index (χ2n) is 6.71. The quantitative estimate of drug-likeness (QED) is 0.770. The molecule has 0 bridgehead atoms. The maximum Gasteiger partial charge on any atom is 0.194 e. The highest BCUT2D eigenvalue weighted by atomic mass is 19.1. The molecular formula is C17H23FO2. The van der Waals surface area contributed by atoms with Crippen LogP contribution in [-0.2, 0) is 4.74 Å². The van der Waals surface area contributed by atoms with Crippen molar-refractivity contribution in [3.63, 3.8) is 0 Å². The van der Waals surface area contributed by atoms with Crippen molar-refractivity contribution in [1.82, 2.24) is 0 Å². The van der Waals surface area contributed by atoms with E-state index in [0.29, 0.717) is 18.4 Å². The van der Waals surface area contributed by atoms with Crippen LogP contribution in [0.25, 0.3) is 0 Å². The number of methoxy groups -OCH3 is 1. The number of hydrogen-bond acceptors (Lipinski definition) is 2. The van der Waals surface area contributed by atoms with E-state index in [9.17, 15) is 9.18 Å². The van der Waals surface area contributed by atoms with Gasteiger partial charge in [-0.2, -0.15) is 0 Å². The highest BCUT2D eigenvalue weighted by Crippen LogP contribution is 2.43. The topological polar surface area (TPSA) is 26.3 Å². The minimum absolute atomic E-state index is 0.0851. The van der Waals surface area contributed by atoms with Crippen molar-refractivity contribution in [2.24, 2.45) is 5.41 Å². The van der Waals surface area contributed by atoms with E-state index >= 15 is 0 Å². The molecule has 1 aliphatic rings. The second-order valence-corrected chi connectivity index (χ2v) is 6.71. The third-order valence-corrected chi connectivity index (χ3v) is 4.52. The van der Waals surface area contributed by atoms with Gasteiger partial charge in [0.2, 0.25) is 0 Å². The zero-order chi connectivity index (χ0) is 15.0. The molecule has 2 rings (SSSR count). The number of carbonyl (C=O) groups excluding carboxylic acids is 1. The SMILES string of the molecule is COC1(C(=O)c2cc(C)cc(F)c2)CCC(C)(C)CC1. The summed E-state index contributed by atoms with van der Waals surface area (Å²) in [5, 5.41) is 0. The van der Waals surface area contributed by atoms with Gasteiger partial charge in [-0.25, -0.2) is 4.39 Å². The lowest BCUT2D eigenvalue weighted by atomic mass is 9.68. The first-order valence-electron chi connectivity index (χ1n) is 7.15. The molecule has 3 heteroatoms. The van der Waals surface area contributed by atoms with Crippen LogP contribution in [0.4, 0.5) is 4.39 Å². The second kappa shape index (κ2) is 5.28.